The van der Waals surface area contributed by atoms with Crippen molar-refractivity contribution in [1.82, 2.24) is 4.90 Å². The quantitative estimate of drug-likeness (QED) is 0.786. The lowest BCUT2D eigenvalue weighted by Gasteiger charge is -2.42. The largest absolute Gasteiger partial charge is 0.394 e. The minimum atomic E-state index is -0.363. The van der Waals surface area contributed by atoms with E-state index in [1.54, 1.807) is 0 Å². The summed E-state index contributed by atoms with van der Waals surface area (Å²) in [4.78, 5) is 13.8. The van der Waals surface area contributed by atoms with E-state index in [1.165, 1.54) is 0 Å². The molecule has 1 heterocycles. The second-order valence-electron chi connectivity index (χ2n) is 5.55. The molecule has 1 saturated heterocycles. The fourth-order valence-corrected chi connectivity index (χ4v) is 2.06. The van der Waals surface area contributed by atoms with Gasteiger partial charge in [0.25, 0.3) is 0 Å². The van der Waals surface area contributed by atoms with Crippen LogP contribution in [0.25, 0.3) is 0 Å². The van der Waals surface area contributed by atoms with Gasteiger partial charge in [0.1, 0.15) is 0 Å². The molecule has 1 amide bonds. The molecule has 4 heteroatoms. The highest BCUT2D eigenvalue weighted by Gasteiger charge is 2.35. The lowest BCUT2D eigenvalue weighted by Crippen LogP contribution is -2.55. The smallest absolute Gasteiger partial charge is 0.223 e. The highest BCUT2D eigenvalue weighted by Crippen LogP contribution is 2.22. The molecule has 0 aromatic heterocycles. The Labute approximate surface area is 97.6 Å². The van der Waals surface area contributed by atoms with Crippen molar-refractivity contribution < 1.29 is 14.6 Å². The number of nitrogens with zero attached hydrogens (tertiary/aromatic N) is 1. The molecule has 0 saturated carbocycles. The molecular weight excluding hydrogens is 206 g/mol. The molecule has 1 unspecified atom stereocenters. The summed E-state index contributed by atoms with van der Waals surface area (Å²) in [5.74, 6) is 0.524. The number of aliphatic hydroxyl groups is 1. The second kappa shape index (κ2) is 5.15. The van der Waals surface area contributed by atoms with Gasteiger partial charge in [-0.15, -0.1) is 0 Å². The van der Waals surface area contributed by atoms with Gasteiger partial charge in [-0.2, -0.15) is 0 Å². The Morgan fingerprint density at radius 3 is 2.69 bits per heavy atom. The summed E-state index contributed by atoms with van der Waals surface area (Å²) in [6, 6.07) is 0. The van der Waals surface area contributed by atoms with Crippen LogP contribution >= 0.6 is 0 Å². The van der Waals surface area contributed by atoms with Crippen LogP contribution in [0.5, 0.6) is 0 Å². The molecule has 16 heavy (non-hydrogen) atoms. The Morgan fingerprint density at radius 2 is 2.19 bits per heavy atom. The van der Waals surface area contributed by atoms with Crippen LogP contribution in [0.2, 0.25) is 0 Å². The number of amides is 1. The fourth-order valence-electron chi connectivity index (χ4n) is 2.06. The van der Waals surface area contributed by atoms with Gasteiger partial charge in [0.05, 0.1) is 18.3 Å². The van der Waals surface area contributed by atoms with Crippen molar-refractivity contribution in [3.05, 3.63) is 0 Å². The van der Waals surface area contributed by atoms with Crippen LogP contribution in [0.3, 0.4) is 0 Å². The molecule has 1 aliphatic heterocycles. The monoisotopic (exact) mass is 229 g/mol. The third-order valence-corrected chi connectivity index (χ3v) is 2.62. The average molecular weight is 229 g/mol. The van der Waals surface area contributed by atoms with Gasteiger partial charge in [0.15, 0.2) is 0 Å². The van der Waals surface area contributed by atoms with E-state index in [0.29, 0.717) is 25.4 Å². The predicted octanol–water partition coefficient (Wildman–Crippen LogP) is 1.03. The molecule has 94 valence electrons. The first kappa shape index (κ1) is 13.5. The first-order valence-corrected chi connectivity index (χ1v) is 5.90. The summed E-state index contributed by atoms with van der Waals surface area (Å²) < 4.78 is 5.66. The number of aliphatic hydroxyl groups excluding tert-OH is 1. The van der Waals surface area contributed by atoms with E-state index in [0.717, 1.165) is 0 Å². The second-order valence-corrected chi connectivity index (χ2v) is 5.55. The predicted molar refractivity (Wildman–Crippen MR) is 62.1 cm³/mol. The van der Waals surface area contributed by atoms with Gasteiger partial charge in [-0.25, -0.2) is 0 Å². The SMILES string of the molecule is CC(C)CC(=O)N1CC(CO)OC(C)(C)C1. The first-order chi connectivity index (χ1) is 7.34. The molecule has 0 spiro atoms. The summed E-state index contributed by atoms with van der Waals surface area (Å²) in [6.07, 6.45) is 0.314. The third kappa shape index (κ3) is 3.76. The van der Waals surface area contributed by atoms with Crippen LogP contribution in [0, 0.1) is 5.92 Å². The highest BCUT2D eigenvalue weighted by atomic mass is 16.5. The summed E-state index contributed by atoms with van der Waals surface area (Å²) in [5.41, 5.74) is -0.363. The Bertz CT molecular complexity index is 251. The fraction of sp³-hybridized carbons (Fsp3) is 0.917. The van der Waals surface area contributed by atoms with Crippen molar-refractivity contribution in [3.63, 3.8) is 0 Å². The summed E-state index contributed by atoms with van der Waals surface area (Å²) in [7, 11) is 0. The lowest BCUT2D eigenvalue weighted by atomic mass is 10.0. The molecule has 0 aliphatic carbocycles. The van der Waals surface area contributed by atoms with Crippen LogP contribution in [-0.4, -0.2) is 47.3 Å². The summed E-state index contributed by atoms with van der Waals surface area (Å²) in [6.45, 7) is 9.05. The number of hydrogen-bond acceptors (Lipinski definition) is 3. The molecule has 4 nitrogen and oxygen atoms in total. The van der Waals surface area contributed by atoms with Crippen LogP contribution < -0.4 is 0 Å². The maximum Gasteiger partial charge on any atom is 0.223 e. The minimum absolute atomic E-state index is 0.0328. The highest BCUT2D eigenvalue weighted by molar-refractivity contribution is 5.76. The van der Waals surface area contributed by atoms with E-state index in [2.05, 4.69) is 0 Å². The maximum atomic E-state index is 11.9. The van der Waals surface area contributed by atoms with Crippen LogP contribution in [0.4, 0.5) is 0 Å². The van der Waals surface area contributed by atoms with Crippen molar-refractivity contribution in [2.45, 2.75) is 45.8 Å². The number of morpholine rings is 1. The molecule has 1 N–H and O–H groups in total. The zero-order valence-corrected chi connectivity index (χ0v) is 10.7. The van der Waals surface area contributed by atoms with Crippen molar-refractivity contribution in [2.24, 2.45) is 5.92 Å². The minimum Gasteiger partial charge on any atom is -0.394 e. The number of ether oxygens (including phenoxy) is 1. The Hall–Kier alpha value is -0.610. The maximum absolute atomic E-state index is 11.9. The van der Waals surface area contributed by atoms with Crippen molar-refractivity contribution in [2.75, 3.05) is 19.7 Å². The van der Waals surface area contributed by atoms with E-state index in [1.807, 2.05) is 32.6 Å². The topological polar surface area (TPSA) is 49.8 Å². The van der Waals surface area contributed by atoms with Crippen LogP contribution in [0.15, 0.2) is 0 Å². The van der Waals surface area contributed by atoms with E-state index < -0.39 is 0 Å². The zero-order valence-electron chi connectivity index (χ0n) is 10.7. The molecule has 1 rings (SSSR count). The summed E-state index contributed by atoms with van der Waals surface area (Å²) in [5, 5.41) is 9.14. The normalized spacial score (nSPS) is 24.9. The third-order valence-electron chi connectivity index (χ3n) is 2.62. The number of rotatable bonds is 3. The molecule has 1 fully saturated rings. The Morgan fingerprint density at radius 1 is 1.56 bits per heavy atom. The van der Waals surface area contributed by atoms with Gasteiger partial charge >= 0.3 is 0 Å². The standard InChI is InChI=1S/C12H23NO3/c1-9(2)5-11(15)13-6-10(7-14)16-12(3,4)8-13/h9-10,14H,5-8H2,1-4H3. The van der Waals surface area contributed by atoms with Gasteiger partial charge in [0, 0.05) is 19.5 Å². The van der Waals surface area contributed by atoms with E-state index in [4.69, 9.17) is 9.84 Å². The Balaban J connectivity index is 2.62. The van der Waals surface area contributed by atoms with Crippen LogP contribution in [0.1, 0.15) is 34.1 Å². The van der Waals surface area contributed by atoms with E-state index >= 15 is 0 Å². The molecule has 1 atom stereocenters. The van der Waals surface area contributed by atoms with Gasteiger partial charge in [-0.3, -0.25) is 4.79 Å². The molecule has 0 aromatic carbocycles. The van der Waals surface area contributed by atoms with Gasteiger partial charge < -0.3 is 14.7 Å². The van der Waals surface area contributed by atoms with Gasteiger partial charge in [-0.1, -0.05) is 13.8 Å². The summed E-state index contributed by atoms with van der Waals surface area (Å²) >= 11 is 0. The average Bonchev–Trinajstić information content (AvgIpc) is 2.14. The molecular formula is C12H23NO3. The molecule has 0 bridgehead atoms. The van der Waals surface area contributed by atoms with Crippen molar-refractivity contribution >= 4 is 5.91 Å². The molecule has 0 radical (unpaired) electrons. The van der Waals surface area contributed by atoms with Crippen LogP contribution in [-0.2, 0) is 9.53 Å². The molecule has 1 aliphatic rings. The zero-order chi connectivity index (χ0) is 12.3. The van der Waals surface area contributed by atoms with Crippen molar-refractivity contribution in [1.29, 1.82) is 0 Å². The lowest BCUT2D eigenvalue weighted by molar-refractivity contribution is -0.167. The number of carbonyl (C=O) groups excluding carboxylic acids is 1. The Kier molecular flexibility index (Phi) is 4.33. The van der Waals surface area contributed by atoms with Gasteiger partial charge in [0.2, 0.25) is 5.91 Å². The van der Waals surface area contributed by atoms with E-state index in [-0.39, 0.29) is 24.2 Å². The van der Waals surface area contributed by atoms with E-state index in [9.17, 15) is 4.79 Å². The van der Waals surface area contributed by atoms with Crippen molar-refractivity contribution in [3.8, 4) is 0 Å². The number of hydrogen-bond donors (Lipinski definition) is 1. The number of carbonyl (C=O) groups is 1. The van der Waals surface area contributed by atoms with Gasteiger partial charge in [-0.05, 0) is 19.8 Å². The molecule has 0 aromatic rings. The first-order valence-electron chi connectivity index (χ1n) is 5.90.